The van der Waals surface area contributed by atoms with Crippen molar-refractivity contribution in [3.8, 4) is 0 Å². The summed E-state index contributed by atoms with van der Waals surface area (Å²) < 4.78 is 7.62. The van der Waals surface area contributed by atoms with E-state index in [0.29, 0.717) is 0 Å². The molecule has 8 aromatic rings. The quantitative estimate of drug-likeness (QED) is 0.230. The van der Waals surface area contributed by atoms with Gasteiger partial charge in [0.05, 0.1) is 10.2 Å². The third kappa shape index (κ3) is 1.93. The normalized spacial score (nSPS) is 12.5. The molecular weight excluding hydrogens is 418 g/mol. The Morgan fingerprint density at radius 2 is 1.52 bits per heavy atom. The zero-order chi connectivity index (χ0) is 20.1. The minimum Gasteiger partial charge on any atom is -0.298 e. The molecule has 0 saturated carbocycles. The van der Waals surface area contributed by atoms with Crippen molar-refractivity contribution in [2.24, 2.45) is 0 Å². The van der Waals surface area contributed by atoms with E-state index in [1.165, 1.54) is 56.6 Å². The van der Waals surface area contributed by atoms with Crippen LogP contribution in [0, 0.1) is 0 Å². The second-order valence-electron chi connectivity index (χ2n) is 7.90. The molecule has 0 bridgehead atoms. The highest BCUT2D eigenvalue weighted by molar-refractivity contribution is 7.30. The topological polar surface area (TPSA) is 30.2 Å². The van der Waals surface area contributed by atoms with Crippen LogP contribution in [0.2, 0.25) is 0 Å². The van der Waals surface area contributed by atoms with Gasteiger partial charge in [0.15, 0.2) is 0 Å². The number of hydrogen-bond acceptors (Lipinski definition) is 4. The van der Waals surface area contributed by atoms with Crippen molar-refractivity contribution in [1.82, 2.24) is 14.4 Å². The fourth-order valence-corrected chi connectivity index (χ4v) is 7.62. The van der Waals surface area contributed by atoms with Crippen molar-refractivity contribution < 1.29 is 0 Å². The van der Waals surface area contributed by atoms with Crippen LogP contribution in [0.25, 0.3) is 67.7 Å². The lowest BCUT2D eigenvalue weighted by atomic mass is 10.0. The van der Waals surface area contributed by atoms with Crippen LogP contribution in [-0.4, -0.2) is 14.4 Å². The Kier molecular flexibility index (Phi) is 2.91. The van der Waals surface area contributed by atoms with E-state index in [4.69, 9.17) is 0 Å². The van der Waals surface area contributed by atoms with Gasteiger partial charge in [0, 0.05) is 71.2 Å². The molecular formula is C26H13N3S2. The first-order valence-electron chi connectivity index (χ1n) is 10.2. The lowest BCUT2D eigenvalue weighted by Crippen LogP contribution is -1.91. The van der Waals surface area contributed by atoms with Crippen molar-refractivity contribution in [3.63, 3.8) is 0 Å². The van der Waals surface area contributed by atoms with E-state index in [2.05, 4.69) is 75.2 Å². The van der Waals surface area contributed by atoms with E-state index < -0.39 is 0 Å². The monoisotopic (exact) mass is 431 g/mol. The SMILES string of the molecule is c1ccc2c(c1)sc1c2ccc2sc3c(ccc4c5ccncc5c5nccn5c43)c21. The van der Waals surface area contributed by atoms with E-state index in [1.807, 2.05) is 41.3 Å². The van der Waals surface area contributed by atoms with Gasteiger partial charge in [0.1, 0.15) is 5.65 Å². The van der Waals surface area contributed by atoms with Crippen LogP contribution in [0.4, 0.5) is 0 Å². The van der Waals surface area contributed by atoms with Crippen LogP contribution in [0.3, 0.4) is 0 Å². The van der Waals surface area contributed by atoms with Gasteiger partial charge in [-0.15, -0.1) is 22.7 Å². The zero-order valence-electron chi connectivity index (χ0n) is 16.2. The molecule has 31 heavy (non-hydrogen) atoms. The van der Waals surface area contributed by atoms with Crippen LogP contribution in [0.5, 0.6) is 0 Å². The summed E-state index contributed by atoms with van der Waals surface area (Å²) in [6.45, 7) is 0. The summed E-state index contributed by atoms with van der Waals surface area (Å²) in [5.41, 5.74) is 2.20. The molecule has 0 aliphatic heterocycles. The van der Waals surface area contributed by atoms with Gasteiger partial charge >= 0.3 is 0 Å². The van der Waals surface area contributed by atoms with Crippen LogP contribution in [-0.2, 0) is 0 Å². The van der Waals surface area contributed by atoms with Crippen LogP contribution >= 0.6 is 22.7 Å². The van der Waals surface area contributed by atoms with Gasteiger partial charge in [-0.25, -0.2) is 4.98 Å². The van der Waals surface area contributed by atoms with Gasteiger partial charge in [0.25, 0.3) is 0 Å². The Labute approximate surface area is 183 Å². The third-order valence-electron chi connectivity index (χ3n) is 6.36. The first-order valence-corrected chi connectivity index (χ1v) is 11.8. The second kappa shape index (κ2) is 5.58. The first kappa shape index (κ1) is 16.2. The summed E-state index contributed by atoms with van der Waals surface area (Å²) in [6, 6.07) is 20.0. The highest BCUT2D eigenvalue weighted by Gasteiger charge is 2.18. The molecule has 0 aliphatic carbocycles. The Morgan fingerprint density at radius 3 is 2.52 bits per heavy atom. The van der Waals surface area contributed by atoms with E-state index in [9.17, 15) is 0 Å². The minimum absolute atomic E-state index is 0.965. The molecule has 3 aromatic carbocycles. The first-order chi connectivity index (χ1) is 15.4. The number of thiophene rings is 2. The summed E-state index contributed by atoms with van der Waals surface area (Å²) in [4.78, 5) is 9.02. The van der Waals surface area contributed by atoms with Gasteiger partial charge in [-0.05, 0) is 23.6 Å². The average molecular weight is 432 g/mol. The van der Waals surface area contributed by atoms with Gasteiger partial charge in [-0.2, -0.15) is 0 Å². The van der Waals surface area contributed by atoms with Crippen molar-refractivity contribution in [2.75, 3.05) is 0 Å². The molecule has 5 aromatic heterocycles. The predicted octanol–water partition coefficient (Wildman–Crippen LogP) is 7.77. The summed E-state index contributed by atoms with van der Waals surface area (Å²) in [5.74, 6) is 0. The molecule has 144 valence electrons. The van der Waals surface area contributed by atoms with Crippen molar-refractivity contribution in [1.29, 1.82) is 0 Å². The summed E-state index contributed by atoms with van der Waals surface area (Å²) in [7, 11) is 0. The van der Waals surface area contributed by atoms with E-state index >= 15 is 0 Å². The third-order valence-corrected chi connectivity index (χ3v) is 8.74. The maximum Gasteiger partial charge on any atom is 0.146 e. The minimum atomic E-state index is 0.965. The number of rotatable bonds is 0. The molecule has 0 radical (unpaired) electrons. The van der Waals surface area contributed by atoms with E-state index in [0.717, 1.165) is 11.0 Å². The lowest BCUT2D eigenvalue weighted by Gasteiger charge is -2.08. The molecule has 5 heterocycles. The largest absolute Gasteiger partial charge is 0.298 e. The van der Waals surface area contributed by atoms with Crippen molar-refractivity contribution >= 4 is 90.3 Å². The molecule has 0 atom stereocenters. The van der Waals surface area contributed by atoms with Crippen molar-refractivity contribution in [2.45, 2.75) is 0 Å². The number of aromatic nitrogens is 3. The number of nitrogens with zero attached hydrogens (tertiary/aromatic N) is 3. The molecule has 0 aliphatic rings. The molecule has 0 amide bonds. The number of hydrogen-bond donors (Lipinski definition) is 0. The lowest BCUT2D eigenvalue weighted by molar-refractivity contribution is 1.27. The smallest absolute Gasteiger partial charge is 0.146 e. The highest BCUT2D eigenvalue weighted by Crippen LogP contribution is 2.46. The van der Waals surface area contributed by atoms with Crippen LogP contribution in [0.1, 0.15) is 0 Å². The molecule has 0 fully saturated rings. The van der Waals surface area contributed by atoms with E-state index in [-0.39, 0.29) is 0 Å². The van der Waals surface area contributed by atoms with Gasteiger partial charge in [-0.3, -0.25) is 9.38 Å². The molecule has 0 saturated heterocycles. The summed E-state index contributed by atoms with van der Waals surface area (Å²) >= 11 is 3.79. The average Bonchev–Trinajstić information content (AvgIpc) is 3.53. The second-order valence-corrected chi connectivity index (χ2v) is 10.0. The molecule has 0 N–H and O–H groups in total. The number of imidazole rings is 1. The molecule has 5 heteroatoms. The fourth-order valence-electron chi connectivity index (χ4n) is 5.04. The van der Waals surface area contributed by atoms with Crippen LogP contribution in [0.15, 0.2) is 79.4 Å². The van der Waals surface area contributed by atoms with Gasteiger partial charge < -0.3 is 0 Å². The Balaban J connectivity index is 1.66. The molecule has 0 spiro atoms. The zero-order valence-corrected chi connectivity index (χ0v) is 17.8. The number of pyridine rings is 2. The maximum atomic E-state index is 4.67. The standard InChI is InChI=1S/C26H13N3S2/c1-2-4-20-15(3-1)17-7-8-21-22(24(17)30-20)18-6-5-16-14-9-10-27-13-19(14)26-28-11-12-29(26)23(16)25(18)31-21/h1-13H. The highest BCUT2D eigenvalue weighted by atomic mass is 32.1. The van der Waals surface area contributed by atoms with Crippen LogP contribution < -0.4 is 0 Å². The van der Waals surface area contributed by atoms with Crippen molar-refractivity contribution in [3.05, 3.63) is 79.4 Å². The maximum absolute atomic E-state index is 4.67. The fraction of sp³-hybridized carbons (Fsp3) is 0. The summed E-state index contributed by atoms with van der Waals surface area (Å²) in [5, 5.41) is 8.94. The van der Waals surface area contributed by atoms with Gasteiger partial charge in [0.2, 0.25) is 0 Å². The van der Waals surface area contributed by atoms with Gasteiger partial charge in [-0.1, -0.05) is 36.4 Å². The molecule has 8 rings (SSSR count). The Hall–Kier alpha value is -3.54. The summed E-state index contributed by atoms with van der Waals surface area (Å²) in [6.07, 6.45) is 7.75. The number of fused-ring (bicyclic) bond motifs is 14. The van der Waals surface area contributed by atoms with E-state index in [1.54, 1.807) is 0 Å². The number of benzene rings is 3. The predicted molar refractivity (Wildman–Crippen MR) is 134 cm³/mol. The molecule has 0 unspecified atom stereocenters. The Morgan fingerprint density at radius 1 is 0.645 bits per heavy atom. The molecule has 3 nitrogen and oxygen atoms in total. The Bertz CT molecular complexity index is 2010.